The minimum absolute atomic E-state index is 0.0218. The molecule has 1 unspecified atom stereocenters. The first-order valence-electron chi connectivity index (χ1n) is 4.28. The third kappa shape index (κ3) is 3.34. The standard InChI is InChI=1S/C10H8ClIO4/c1-5(12)10(15)16-6-2-3-7(9(13)14)8(11)4-6/h2-5H,1H3,(H,13,14)/p-1. The molecule has 0 aliphatic rings. The molecule has 0 heterocycles. The number of carbonyl (C=O) groups excluding carboxylic acids is 2. The van der Waals surface area contributed by atoms with Crippen molar-refractivity contribution < 1.29 is 19.4 Å². The number of carbonyl (C=O) groups is 2. The van der Waals surface area contributed by atoms with Gasteiger partial charge in [0.05, 0.1) is 11.0 Å². The molecule has 0 saturated heterocycles. The molecule has 1 aromatic carbocycles. The Morgan fingerprint density at radius 2 is 2.12 bits per heavy atom. The van der Waals surface area contributed by atoms with Crippen molar-refractivity contribution in [3.8, 4) is 5.75 Å². The number of ether oxygens (including phenoxy) is 1. The molecular weight excluding hydrogens is 346 g/mol. The number of alkyl halides is 1. The molecule has 0 N–H and O–H groups in total. The maximum absolute atomic E-state index is 11.2. The first kappa shape index (κ1) is 13.2. The van der Waals surface area contributed by atoms with E-state index < -0.39 is 11.9 Å². The summed E-state index contributed by atoms with van der Waals surface area (Å²) in [7, 11) is 0. The lowest BCUT2D eigenvalue weighted by atomic mass is 10.2. The highest BCUT2D eigenvalue weighted by Crippen LogP contribution is 2.22. The highest BCUT2D eigenvalue weighted by atomic mass is 127. The minimum atomic E-state index is -1.37. The van der Waals surface area contributed by atoms with Crippen molar-refractivity contribution in [2.24, 2.45) is 0 Å². The predicted octanol–water partition coefficient (Wildman–Crippen LogP) is 1.43. The summed E-state index contributed by atoms with van der Waals surface area (Å²) in [6, 6.07) is 3.86. The van der Waals surface area contributed by atoms with Gasteiger partial charge >= 0.3 is 5.97 Å². The molecule has 0 bridgehead atoms. The number of benzene rings is 1. The second kappa shape index (κ2) is 5.49. The number of carboxylic acid groups (broad SMARTS) is 1. The molecule has 0 saturated carbocycles. The zero-order valence-corrected chi connectivity index (χ0v) is 11.1. The molecule has 86 valence electrons. The molecule has 0 fully saturated rings. The zero-order chi connectivity index (χ0) is 12.3. The predicted molar refractivity (Wildman–Crippen MR) is 64.9 cm³/mol. The van der Waals surface area contributed by atoms with E-state index in [0.29, 0.717) is 0 Å². The van der Waals surface area contributed by atoms with E-state index in [9.17, 15) is 14.7 Å². The first-order valence-corrected chi connectivity index (χ1v) is 5.91. The van der Waals surface area contributed by atoms with E-state index in [2.05, 4.69) is 0 Å². The van der Waals surface area contributed by atoms with Crippen molar-refractivity contribution in [2.45, 2.75) is 10.8 Å². The third-order valence-electron chi connectivity index (χ3n) is 1.70. The summed E-state index contributed by atoms with van der Waals surface area (Å²) in [6.45, 7) is 1.68. The van der Waals surface area contributed by atoms with E-state index in [4.69, 9.17) is 16.3 Å². The number of carboxylic acids is 1. The van der Waals surface area contributed by atoms with Crippen LogP contribution < -0.4 is 9.84 Å². The van der Waals surface area contributed by atoms with Gasteiger partial charge in [0.25, 0.3) is 0 Å². The molecule has 0 radical (unpaired) electrons. The Bertz CT molecular complexity index is 431. The monoisotopic (exact) mass is 353 g/mol. The van der Waals surface area contributed by atoms with E-state index in [-0.39, 0.29) is 20.3 Å². The van der Waals surface area contributed by atoms with E-state index in [1.807, 2.05) is 22.6 Å². The second-order valence-corrected chi connectivity index (χ2v) is 5.24. The SMILES string of the molecule is CC(I)C(=O)Oc1ccc(C(=O)[O-])c(Cl)c1. The zero-order valence-electron chi connectivity index (χ0n) is 8.20. The van der Waals surface area contributed by atoms with Crippen LogP contribution in [-0.4, -0.2) is 15.9 Å². The van der Waals surface area contributed by atoms with Crippen molar-refractivity contribution in [2.75, 3.05) is 0 Å². The van der Waals surface area contributed by atoms with Gasteiger partial charge < -0.3 is 14.6 Å². The average molecular weight is 354 g/mol. The fourth-order valence-corrected chi connectivity index (χ4v) is 1.30. The topological polar surface area (TPSA) is 66.4 Å². The van der Waals surface area contributed by atoms with E-state index >= 15 is 0 Å². The Hall–Kier alpha value is -0.820. The van der Waals surface area contributed by atoms with Gasteiger partial charge in [0.1, 0.15) is 9.67 Å². The van der Waals surface area contributed by atoms with Gasteiger partial charge in [0, 0.05) is 11.6 Å². The Labute approximate surface area is 111 Å². The normalized spacial score (nSPS) is 11.9. The van der Waals surface area contributed by atoms with Crippen LogP contribution >= 0.6 is 34.2 Å². The van der Waals surface area contributed by atoms with Gasteiger partial charge in [0.15, 0.2) is 0 Å². The summed E-state index contributed by atoms with van der Waals surface area (Å²) in [5.74, 6) is -1.58. The molecule has 0 amide bonds. The van der Waals surface area contributed by atoms with Gasteiger partial charge in [0.2, 0.25) is 0 Å². The van der Waals surface area contributed by atoms with Gasteiger partial charge in [-0.15, -0.1) is 0 Å². The molecule has 1 rings (SSSR count). The quantitative estimate of drug-likeness (QED) is 0.357. The smallest absolute Gasteiger partial charge is 0.323 e. The summed E-state index contributed by atoms with van der Waals surface area (Å²) in [6.07, 6.45) is 0. The van der Waals surface area contributed by atoms with Crippen molar-refractivity contribution in [3.63, 3.8) is 0 Å². The molecule has 0 aromatic heterocycles. The molecule has 16 heavy (non-hydrogen) atoms. The fraction of sp³-hybridized carbons (Fsp3) is 0.200. The molecule has 1 aromatic rings. The highest BCUT2D eigenvalue weighted by molar-refractivity contribution is 14.1. The Kier molecular flexibility index (Phi) is 4.55. The maximum atomic E-state index is 11.2. The van der Waals surface area contributed by atoms with Crippen LogP contribution in [0.4, 0.5) is 0 Å². The molecule has 6 heteroatoms. The molecule has 1 atom stereocenters. The molecule has 0 aliphatic heterocycles. The number of esters is 1. The Morgan fingerprint density at radius 1 is 1.50 bits per heavy atom. The van der Waals surface area contributed by atoms with Crippen LogP contribution in [0.1, 0.15) is 17.3 Å². The van der Waals surface area contributed by atoms with Gasteiger partial charge in [-0.1, -0.05) is 34.2 Å². The van der Waals surface area contributed by atoms with Crippen LogP contribution in [0.5, 0.6) is 5.75 Å². The van der Waals surface area contributed by atoms with Crippen molar-refractivity contribution >= 4 is 46.1 Å². The number of rotatable bonds is 3. The lowest BCUT2D eigenvalue weighted by Crippen LogP contribution is -2.22. The van der Waals surface area contributed by atoms with Crippen LogP contribution in [0, 0.1) is 0 Å². The summed E-state index contributed by atoms with van der Waals surface area (Å²) in [5, 5.41) is 10.5. The van der Waals surface area contributed by atoms with E-state index in [1.54, 1.807) is 6.92 Å². The largest absolute Gasteiger partial charge is 0.545 e. The van der Waals surface area contributed by atoms with Crippen LogP contribution in [0.3, 0.4) is 0 Å². The number of hydrogen-bond acceptors (Lipinski definition) is 4. The number of hydrogen-bond donors (Lipinski definition) is 0. The van der Waals surface area contributed by atoms with Gasteiger partial charge in [-0.2, -0.15) is 0 Å². The summed E-state index contributed by atoms with van der Waals surface area (Å²) in [4.78, 5) is 21.8. The van der Waals surface area contributed by atoms with Crippen molar-refractivity contribution in [3.05, 3.63) is 28.8 Å². The second-order valence-electron chi connectivity index (χ2n) is 2.97. The van der Waals surface area contributed by atoms with Crippen molar-refractivity contribution in [1.82, 2.24) is 0 Å². The highest BCUT2D eigenvalue weighted by Gasteiger charge is 2.12. The summed E-state index contributed by atoms with van der Waals surface area (Å²) in [5.41, 5.74) is -0.135. The third-order valence-corrected chi connectivity index (χ3v) is 2.52. The lowest BCUT2D eigenvalue weighted by molar-refractivity contribution is -0.255. The molecule has 0 aliphatic carbocycles. The average Bonchev–Trinajstić information content (AvgIpc) is 2.16. The van der Waals surface area contributed by atoms with Crippen molar-refractivity contribution in [1.29, 1.82) is 0 Å². The molecule has 4 nitrogen and oxygen atoms in total. The Balaban J connectivity index is 2.90. The van der Waals surface area contributed by atoms with E-state index in [0.717, 1.165) is 0 Å². The van der Waals surface area contributed by atoms with Crippen LogP contribution in [0.15, 0.2) is 18.2 Å². The Morgan fingerprint density at radius 3 is 2.56 bits per heavy atom. The minimum Gasteiger partial charge on any atom is -0.545 e. The van der Waals surface area contributed by atoms with Gasteiger partial charge in [-0.05, 0) is 19.1 Å². The molecular formula is C10H7ClIO4-. The lowest BCUT2D eigenvalue weighted by Gasteiger charge is -2.09. The van der Waals surface area contributed by atoms with Crippen LogP contribution in [0.25, 0.3) is 0 Å². The number of aromatic carboxylic acids is 1. The number of halogens is 2. The van der Waals surface area contributed by atoms with Gasteiger partial charge in [-0.3, -0.25) is 4.79 Å². The summed E-state index contributed by atoms with van der Waals surface area (Å²) >= 11 is 7.58. The van der Waals surface area contributed by atoms with Crippen LogP contribution in [-0.2, 0) is 4.79 Å². The van der Waals surface area contributed by atoms with E-state index in [1.165, 1.54) is 18.2 Å². The molecule has 0 spiro atoms. The van der Waals surface area contributed by atoms with Crippen LogP contribution in [0.2, 0.25) is 5.02 Å². The summed E-state index contributed by atoms with van der Waals surface area (Å²) < 4.78 is 4.65. The maximum Gasteiger partial charge on any atom is 0.323 e. The fourth-order valence-electron chi connectivity index (χ4n) is 0.922. The van der Waals surface area contributed by atoms with Gasteiger partial charge in [-0.25, -0.2) is 0 Å². The first-order chi connectivity index (χ1) is 7.41.